The highest BCUT2D eigenvalue weighted by molar-refractivity contribution is 5.94. The summed E-state index contributed by atoms with van der Waals surface area (Å²) in [5.41, 5.74) is 4.33. The van der Waals surface area contributed by atoms with Gasteiger partial charge in [0.2, 0.25) is 5.72 Å². The molecule has 0 radical (unpaired) electrons. The fourth-order valence-electron chi connectivity index (χ4n) is 1.74. The monoisotopic (exact) mass is 267 g/mol. The van der Waals surface area contributed by atoms with E-state index in [1.165, 1.54) is 18.3 Å². The summed E-state index contributed by atoms with van der Waals surface area (Å²) in [7, 11) is 0. The first kappa shape index (κ1) is 13.1. The molecule has 0 saturated carbocycles. The molecule has 1 amide bonds. The largest absolute Gasteiger partial charge is 0.507 e. The lowest BCUT2D eigenvalue weighted by Crippen LogP contribution is -2.52. The number of nitrogens with zero attached hydrogens (tertiary/aromatic N) is 1. The smallest absolute Gasteiger partial charge is 0.450 e. The van der Waals surface area contributed by atoms with E-state index in [1.54, 1.807) is 0 Å². The molecule has 8 nitrogen and oxygen atoms in total. The van der Waals surface area contributed by atoms with Gasteiger partial charge in [-0.05, 0) is 12.1 Å². The van der Waals surface area contributed by atoms with Gasteiger partial charge >= 0.3 is 6.16 Å². The number of ether oxygens (including phenoxy) is 2. The highest BCUT2D eigenvalue weighted by Gasteiger charge is 2.40. The number of hydrogen-bond acceptors (Lipinski definition) is 6. The number of nitrogens with one attached hydrogen (secondary N) is 1. The topological polar surface area (TPSA) is 124 Å². The Kier molecular flexibility index (Phi) is 3.52. The van der Waals surface area contributed by atoms with E-state index in [1.807, 2.05) is 0 Å². The van der Waals surface area contributed by atoms with Gasteiger partial charge in [0.05, 0.1) is 12.2 Å². The third-order valence-corrected chi connectivity index (χ3v) is 2.66. The fourth-order valence-corrected chi connectivity index (χ4v) is 1.74. The highest BCUT2D eigenvalue weighted by atomic mass is 16.7. The van der Waals surface area contributed by atoms with Crippen LogP contribution in [0.5, 0.6) is 0 Å². The molecule has 8 heteroatoms. The van der Waals surface area contributed by atoms with E-state index in [9.17, 15) is 9.59 Å². The normalized spacial score (nSPS) is 21.9. The Bertz CT molecular complexity index is 482. The number of carbonyl (C=O) groups is 2. The summed E-state index contributed by atoms with van der Waals surface area (Å²) in [6.45, 7) is 0.293. The van der Waals surface area contributed by atoms with Gasteiger partial charge in [0.25, 0.3) is 5.91 Å². The second kappa shape index (κ2) is 5.11. The Labute approximate surface area is 108 Å². The molecule has 0 aromatic carbocycles. The summed E-state index contributed by atoms with van der Waals surface area (Å²) in [6.07, 6.45) is 0.0868. The maximum atomic E-state index is 12.0. The molecule has 1 saturated heterocycles. The van der Waals surface area contributed by atoms with Gasteiger partial charge in [-0.1, -0.05) is 0 Å². The number of rotatable bonds is 3. The molecule has 1 fully saturated rings. The van der Waals surface area contributed by atoms with Crippen LogP contribution in [0.1, 0.15) is 16.8 Å². The third-order valence-electron chi connectivity index (χ3n) is 2.66. The van der Waals surface area contributed by atoms with Gasteiger partial charge in [0, 0.05) is 12.6 Å². The Balaban J connectivity index is 2.11. The van der Waals surface area contributed by atoms with Crippen LogP contribution < -0.4 is 11.1 Å². The number of pyridine rings is 1. The average Bonchev–Trinajstić information content (AvgIpc) is 2.77. The number of amides is 1. The van der Waals surface area contributed by atoms with Crippen molar-refractivity contribution in [2.75, 3.05) is 18.9 Å². The SMILES string of the molecule is Nc1ccc(C(=O)N[C@]2(OC(=O)O)CCOC2)cn1. The Hall–Kier alpha value is -2.35. The number of nitrogens with two attached hydrogens (primary N) is 1. The minimum Gasteiger partial charge on any atom is -0.450 e. The number of carboxylic acid groups (broad SMARTS) is 1. The zero-order valence-corrected chi connectivity index (χ0v) is 9.96. The van der Waals surface area contributed by atoms with Crippen molar-refractivity contribution in [2.24, 2.45) is 0 Å². The van der Waals surface area contributed by atoms with Gasteiger partial charge in [0.15, 0.2) is 0 Å². The van der Waals surface area contributed by atoms with Crippen molar-refractivity contribution >= 4 is 17.9 Å². The third kappa shape index (κ3) is 3.10. The minimum absolute atomic E-state index is 0.0204. The van der Waals surface area contributed by atoms with E-state index in [4.69, 9.17) is 20.3 Å². The molecule has 1 atom stereocenters. The summed E-state index contributed by atoms with van der Waals surface area (Å²) in [5.74, 6) is -0.212. The van der Waals surface area contributed by atoms with Crippen molar-refractivity contribution in [2.45, 2.75) is 12.1 Å². The lowest BCUT2D eigenvalue weighted by molar-refractivity contribution is -0.0400. The van der Waals surface area contributed by atoms with Crippen LogP contribution in [-0.2, 0) is 9.47 Å². The summed E-state index contributed by atoms with van der Waals surface area (Å²) >= 11 is 0. The van der Waals surface area contributed by atoms with Crippen molar-refractivity contribution in [3.8, 4) is 0 Å². The fraction of sp³-hybridized carbons (Fsp3) is 0.364. The van der Waals surface area contributed by atoms with Gasteiger partial charge in [-0.3, -0.25) is 4.79 Å². The zero-order valence-electron chi connectivity index (χ0n) is 9.96. The van der Waals surface area contributed by atoms with E-state index in [0.717, 1.165) is 0 Å². The predicted octanol–water partition coefficient (Wildman–Crippen LogP) is 0.205. The zero-order chi connectivity index (χ0) is 13.9. The summed E-state index contributed by atoms with van der Waals surface area (Å²) in [4.78, 5) is 26.4. The van der Waals surface area contributed by atoms with Crippen LogP contribution in [0.4, 0.5) is 10.6 Å². The molecule has 1 aromatic heterocycles. The maximum Gasteiger partial charge on any atom is 0.507 e. The Morgan fingerprint density at radius 1 is 1.53 bits per heavy atom. The molecule has 4 N–H and O–H groups in total. The summed E-state index contributed by atoms with van der Waals surface area (Å²) in [6, 6.07) is 2.97. The quantitative estimate of drug-likeness (QED) is 0.528. The van der Waals surface area contributed by atoms with Crippen molar-refractivity contribution in [3.05, 3.63) is 23.9 Å². The molecule has 19 heavy (non-hydrogen) atoms. The lowest BCUT2D eigenvalue weighted by atomic mass is 10.1. The summed E-state index contributed by atoms with van der Waals surface area (Å²) < 4.78 is 9.81. The molecule has 2 heterocycles. The second-order valence-corrected chi connectivity index (χ2v) is 4.09. The van der Waals surface area contributed by atoms with Crippen LogP contribution in [0.3, 0.4) is 0 Å². The van der Waals surface area contributed by atoms with Gasteiger partial charge in [-0.15, -0.1) is 0 Å². The first-order chi connectivity index (χ1) is 9.01. The second-order valence-electron chi connectivity index (χ2n) is 4.09. The number of carbonyl (C=O) groups excluding carboxylic acids is 1. The Morgan fingerprint density at radius 2 is 2.32 bits per heavy atom. The first-order valence-electron chi connectivity index (χ1n) is 5.54. The summed E-state index contributed by atoms with van der Waals surface area (Å²) in [5, 5.41) is 11.2. The molecule has 1 aliphatic heterocycles. The van der Waals surface area contributed by atoms with Crippen molar-refractivity contribution < 1.29 is 24.2 Å². The lowest BCUT2D eigenvalue weighted by Gasteiger charge is -2.26. The predicted molar refractivity (Wildman–Crippen MR) is 63.4 cm³/mol. The molecule has 102 valence electrons. The standard InChI is InChI=1S/C11H13N3O5/c12-8-2-1-7(5-13-8)9(15)14-11(19-10(16)17)3-4-18-6-11/h1-2,5H,3-4,6H2,(H2,12,13)(H,14,15)(H,16,17)/t11-/m0/s1. The molecule has 0 unspecified atom stereocenters. The van der Waals surface area contributed by atoms with E-state index < -0.39 is 17.8 Å². The van der Waals surface area contributed by atoms with Gasteiger partial charge in [-0.25, -0.2) is 9.78 Å². The van der Waals surface area contributed by atoms with Crippen LogP contribution in [-0.4, -0.2) is 41.1 Å². The van der Waals surface area contributed by atoms with Crippen LogP contribution in [0, 0.1) is 0 Å². The maximum absolute atomic E-state index is 12.0. The molecule has 0 bridgehead atoms. The van der Waals surface area contributed by atoms with E-state index in [0.29, 0.717) is 6.61 Å². The van der Waals surface area contributed by atoms with Crippen LogP contribution >= 0.6 is 0 Å². The van der Waals surface area contributed by atoms with Gasteiger partial charge in [-0.2, -0.15) is 0 Å². The molecular formula is C11H13N3O5. The molecular weight excluding hydrogens is 254 g/mol. The molecule has 1 aromatic rings. The molecule has 2 rings (SSSR count). The van der Waals surface area contributed by atoms with Crippen LogP contribution in [0.2, 0.25) is 0 Å². The van der Waals surface area contributed by atoms with E-state index in [2.05, 4.69) is 10.3 Å². The molecule has 0 spiro atoms. The Morgan fingerprint density at radius 3 is 2.84 bits per heavy atom. The van der Waals surface area contributed by atoms with Crippen molar-refractivity contribution in [1.29, 1.82) is 0 Å². The van der Waals surface area contributed by atoms with Crippen LogP contribution in [0.15, 0.2) is 18.3 Å². The number of nitrogen functional groups attached to an aromatic ring is 1. The van der Waals surface area contributed by atoms with Crippen LogP contribution in [0.25, 0.3) is 0 Å². The van der Waals surface area contributed by atoms with E-state index in [-0.39, 0.29) is 24.4 Å². The minimum atomic E-state index is -1.47. The highest BCUT2D eigenvalue weighted by Crippen LogP contribution is 2.21. The van der Waals surface area contributed by atoms with Gasteiger partial charge < -0.3 is 25.6 Å². The number of hydrogen-bond donors (Lipinski definition) is 3. The van der Waals surface area contributed by atoms with Crippen molar-refractivity contribution in [1.82, 2.24) is 10.3 Å². The number of anilines is 1. The molecule has 1 aliphatic rings. The van der Waals surface area contributed by atoms with E-state index >= 15 is 0 Å². The first-order valence-corrected chi connectivity index (χ1v) is 5.54. The molecule has 0 aliphatic carbocycles. The van der Waals surface area contributed by atoms with Crippen molar-refractivity contribution in [3.63, 3.8) is 0 Å². The van der Waals surface area contributed by atoms with Gasteiger partial charge in [0.1, 0.15) is 12.4 Å². The number of aromatic nitrogens is 1. The average molecular weight is 267 g/mol.